The minimum atomic E-state index is -0.742. The summed E-state index contributed by atoms with van der Waals surface area (Å²) in [5.74, 6) is -0.193. The third-order valence-electron chi connectivity index (χ3n) is 6.04. The monoisotopic (exact) mass is 479 g/mol. The fraction of sp³-hybridized carbons (Fsp3) is 0.517. The van der Waals surface area contributed by atoms with Gasteiger partial charge in [0.2, 0.25) is 5.91 Å². The minimum absolute atomic E-state index is 0.0112. The second-order valence-electron chi connectivity index (χ2n) is 12.0. The molecule has 0 spiro atoms. The van der Waals surface area contributed by atoms with E-state index < -0.39 is 17.7 Å². The van der Waals surface area contributed by atoms with Crippen LogP contribution in [0.4, 0.5) is 4.79 Å². The number of carbonyl (C=O) groups excluding carboxylic acids is 2. The Morgan fingerprint density at radius 1 is 0.943 bits per heavy atom. The molecule has 2 amide bonds. The number of carbonyl (C=O) groups is 2. The number of alkyl carbamates (subject to hydrolysis) is 1. The first-order valence-corrected chi connectivity index (χ1v) is 12.4. The number of hydrogen-bond donors (Lipinski definition) is 3. The van der Waals surface area contributed by atoms with E-state index in [1.807, 2.05) is 63.2 Å². The van der Waals surface area contributed by atoms with Crippen molar-refractivity contribution in [2.75, 3.05) is 0 Å². The highest BCUT2D eigenvalue weighted by Crippen LogP contribution is 2.28. The molecule has 190 valence electrons. The van der Waals surface area contributed by atoms with Gasteiger partial charge in [-0.25, -0.2) is 4.79 Å². The largest absolute Gasteiger partial charge is 0.444 e. The van der Waals surface area contributed by atoms with Crippen molar-refractivity contribution in [2.24, 2.45) is 0 Å². The number of amides is 2. The zero-order chi connectivity index (χ0) is 25.9. The molecule has 1 atom stereocenters. The van der Waals surface area contributed by atoms with E-state index in [0.29, 0.717) is 6.42 Å². The van der Waals surface area contributed by atoms with Crippen LogP contribution in [0.2, 0.25) is 0 Å². The third-order valence-corrected chi connectivity index (χ3v) is 6.04. The number of hydrogen-bond acceptors (Lipinski definition) is 4. The van der Waals surface area contributed by atoms with Crippen molar-refractivity contribution in [3.8, 4) is 11.1 Å². The van der Waals surface area contributed by atoms with Crippen LogP contribution in [-0.2, 0) is 16.0 Å². The van der Waals surface area contributed by atoms with Gasteiger partial charge in [-0.05, 0) is 78.0 Å². The van der Waals surface area contributed by atoms with Gasteiger partial charge < -0.3 is 20.7 Å². The molecule has 0 saturated carbocycles. The lowest BCUT2D eigenvalue weighted by Crippen LogP contribution is -2.63. The van der Waals surface area contributed by atoms with Crippen molar-refractivity contribution in [1.29, 1.82) is 0 Å². The molecule has 0 radical (unpaired) electrons. The van der Waals surface area contributed by atoms with Crippen molar-refractivity contribution < 1.29 is 14.3 Å². The van der Waals surface area contributed by atoms with Crippen molar-refractivity contribution in [1.82, 2.24) is 16.0 Å². The molecule has 6 nitrogen and oxygen atoms in total. The molecule has 1 aliphatic heterocycles. The van der Waals surface area contributed by atoms with Crippen LogP contribution in [0.5, 0.6) is 0 Å². The van der Waals surface area contributed by atoms with Crippen molar-refractivity contribution in [3.05, 3.63) is 60.2 Å². The highest BCUT2D eigenvalue weighted by molar-refractivity contribution is 5.86. The first-order chi connectivity index (χ1) is 16.2. The lowest BCUT2D eigenvalue weighted by Gasteiger charge is -2.46. The Bertz CT molecular complexity index is 992. The molecule has 2 aromatic rings. The molecule has 0 unspecified atom stereocenters. The Kier molecular flexibility index (Phi) is 7.95. The van der Waals surface area contributed by atoms with Crippen LogP contribution in [0.3, 0.4) is 0 Å². The fourth-order valence-corrected chi connectivity index (χ4v) is 5.08. The summed E-state index contributed by atoms with van der Waals surface area (Å²) in [7, 11) is 0. The molecule has 35 heavy (non-hydrogen) atoms. The van der Waals surface area contributed by atoms with Crippen molar-refractivity contribution >= 4 is 12.0 Å². The van der Waals surface area contributed by atoms with Crippen LogP contribution < -0.4 is 16.0 Å². The zero-order valence-electron chi connectivity index (χ0n) is 22.2. The van der Waals surface area contributed by atoms with E-state index in [4.69, 9.17) is 4.74 Å². The lowest BCUT2D eigenvalue weighted by atomic mass is 9.79. The van der Waals surface area contributed by atoms with Gasteiger partial charge in [-0.2, -0.15) is 0 Å². The Morgan fingerprint density at radius 2 is 1.49 bits per heavy atom. The van der Waals surface area contributed by atoms with E-state index in [-0.39, 0.29) is 23.0 Å². The molecule has 1 heterocycles. The van der Waals surface area contributed by atoms with Gasteiger partial charge in [-0.3, -0.25) is 4.79 Å². The first kappa shape index (κ1) is 26.7. The predicted octanol–water partition coefficient (Wildman–Crippen LogP) is 5.21. The smallest absolute Gasteiger partial charge is 0.408 e. The summed E-state index contributed by atoms with van der Waals surface area (Å²) >= 11 is 0. The third kappa shape index (κ3) is 8.39. The van der Waals surface area contributed by atoms with Crippen LogP contribution in [0.1, 0.15) is 66.9 Å². The molecular formula is C29H41N3O3. The van der Waals surface area contributed by atoms with Gasteiger partial charge in [0, 0.05) is 23.5 Å². The van der Waals surface area contributed by atoms with Gasteiger partial charge in [0.15, 0.2) is 0 Å². The Balaban J connectivity index is 1.75. The maximum Gasteiger partial charge on any atom is 0.408 e. The quantitative estimate of drug-likeness (QED) is 0.531. The second-order valence-corrected chi connectivity index (χ2v) is 12.0. The molecule has 0 aromatic heterocycles. The fourth-order valence-electron chi connectivity index (χ4n) is 5.08. The van der Waals surface area contributed by atoms with Crippen LogP contribution in [0, 0.1) is 0 Å². The normalized spacial score (nSPS) is 18.4. The molecule has 1 aliphatic rings. The first-order valence-electron chi connectivity index (χ1n) is 12.4. The molecule has 1 fully saturated rings. The van der Waals surface area contributed by atoms with E-state index in [0.717, 1.165) is 29.5 Å². The standard InChI is InChI=1S/C29H41N3O3/c1-27(2,3)35-26(34)31-24(25(33)30-23-18-28(4,5)32-29(6,7)19-23)17-20-13-15-22(16-14-20)21-11-9-8-10-12-21/h8-16,23-24,32H,17-19H2,1-7H3,(H,30,33)(H,31,34)/t24-/m0/s1. The number of benzene rings is 2. The molecule has 3 rings (SSSR count). The molecule has 0 bridgehead atoms. The highest BCUT2D eigenvalue weighted by Gasteiger charge is 2.39. The van der Waals surface area contributed by atoms with Crippen LogP contribution >= 0.6 is 0 Å². The number of rotatable bonds is 6. The number of ether oxygens (including phenoxy) is 1. The van der Waals surface area contributed by atoms with Crippen LogP contribution in [0.15, 0.2) is 54.6 Å². The Morgan fingerprint density at radius 3 is 2.03 bits per heavy atom. The number of nitrogens with one attached hydrogen (secondary N) is 3. The van der Waals surface area contributed by atoms with E-state index in [1.54, 1.807) is 0 Å². The van der Waals surface area contributed by atoms with E-state index in [2.05, 4.69) is 55.8 Å². The minimum Gasteiger partial charge on any atom is -0.444 e. The predicted molar refractivity (Wildman–Crippen MR) is 141 cm³/mol. The molecule has 6 heteroatoms. The maximum absolute atomic E-state index is 13.4. The molecular weight excluding hydrogens is 438 g/mol. The molecule has 2 aromatic carbocycles. The second kappa shape index (κ2) is 10.4. The van der Waals surface area contributed by atoms with E-state index in [9.17, 15) is 9.59 Å². The topological polar surface area (TPSA) is 79.5 Å². The van der Waals surface area contributed by atoms with E-state index in [1.165, 1.54) is 0 Å². The van der Waals surface area contributed by atoms with Gasteiger partial charge in [-0.1, -0.05) is 54.6 Å². The maximum atomic E-state index is 13.4. The molecule has 0 aliphatic carbocycles. The summed E-state index contributed by atoms with van der Waals surface area (Å²) in [5.41, 5.74) is 2.37. The highest BCUT2D eigenvalue weighted by atomic mass is 16.6. The van der Waals surface area contributed by atoms with Crippen molar-refractivity contribution in [2.45, 2.75) is 96.5 Å². The summed E-state index contributed by atoms with van der Waals surface area (Å²) in [6, 6.07) is 17.5. The van der Waals surface area contributed by atoms with Gasteiger partial charge in [-0.15, -0.1) is 0 Å². The summed E-state index contributed by atoms with van der Waals surface area (Å²) in [6.45, 7) is 14.0. The van der Waals surface area contributed by atoms with Crippen LogP contribution in [-0.4, -0.2) is 40.8 Å². The average molecular weight is 480 g/mol. The SMILES string of the molecule is CC1(C)CC(NC(=O)[C@H](Cc2ccc(-c3ccccc3)cc2)NC(=O)OC(C)(C)C)CC(C)(C)N1. The van der Waals surface area contributed by atoms with Gasteiger partial charge in [0.1, 0.15) is 11.6 Å². The average Bonchev–Trinajstić information content (AvgIpc) is 2.70. The molecule has 1 saturated heterocycles. The molecule has 3 N–H and O–H groups in total. The Hall–Kier alpha value is -2.86. The number of piperidine rings is 1. The van der Waals surface area contributed by atoms with E-state index >= 15 is 0 Å². The summed E-state index contributed by atoms with van der Waals surface area (Å²) in [6.07, 6.45) is 1.41. The van der Waals surface area contributed by atoms with Gasteiger partial charge in [0.25, 0.3) is 0 Å². The van der Waals surface area contributed by atoms with Gasteiger partial charge >= 0.3 is 6.09 Å². The zero-order valence-corrected chi connectivity index (χ0v) is 22.2. The summed E-state index contributed by atoms with van der Waals surface area (Å²) in [5, 5.41) is 9.66. The Labute approximate surface area is 210 Å². The van der Waals surface area contributed by atoms with Gasteiger partial charge in [0.05, 0.1) is 0 Å². The van der Waals surface area contributed by atoms with Crippen molar-refractivity contribution in [3.63, 3.8) is 0 Å². The van der Waals surface area contributed by atoms with Crippen LogP contribution in [0.25, 0.3) is 11.1 Å². The summed E-state index contributed by atoms with van der Waals surface area (Å²) < 4.78 is 5.45. The summed E-state index contributed by atoms with van der Waals surface area (Å²) in [4.78, 5) is 26.0. The lowest BCUT2D eigenvalue weighted by molar-refractivity contribution is -0.124.